The summed E-state index contributed by atoms with van der Waals surface area (Å²) in [6.07, 6.45) is 5.95. The minimum Gasteiger partial charge on any atom is -0.480 e. The summed E-state index contributed by atoms with van der Waals surface area (Å²) in [6, 6.07) is 4.32. The minimum atomic E-state index is -0.914. The first kappa shape index (κ1) is 16.2. The lowest BCUT2D eigenvalue weighted by atomic mass is 9.78. The van der Waals surface area contributed by atoms with E-state index in [9.17, 15) is 9.90 Å². The van der Waals surface area contributed by atoms with Gasteiger partial charge in [0.05, 0.1) is 16.9 Å². The van der Waals surface area contributed by atoms with Gasteiger partial charge in [-0.1, -0.05) is 19.3 Å². The maximum Gasteiger partial charge on any atom is 0.328 e. The molecule has 0 radical (unpaired) electrons. The van der Waals surface area contributed by atoms with Crippen LogP contribution in [0.15, 0.2) is 12.1 Å². The molecule has 0 atom stereocenters. The highest BCUT2D eigenvalue weighted by Crippen LogP contribution is 2.44. The average Bonchev–Trinajstić information content (AvgIpc) is 2.49. The van der Waals surface area contributed by atoms with Crippen molar-refractivity contribution in [2.75, 3.05) is 16.8 Å². The molecule has 1 heterocycles. The third-order valence-electron chi connectivity index (χ3n) is 5.77. The van der Waals surface area contributed by atoms with Crippen LogP contribution in [0.3, 0.4) is 0 Å². The van der Waals surface area contributed by atoms with E-state index in [1.165, 1.54) is 30.4 Å². The Labute approximate surface area is 138 Å². The molecule has 0 saturated heterocycles. The number of aliphatic carboxylic acids is 1. The SMILES string of the molecule is Cc1cc2c(cc1C)N(C(C)(C)C(=O)O)CC1(CCCCC1)N2. The Balaban J connectivity index is 2.11. The van der Waals surface area contributed by atoms with Crippen molar-refractivity contribution >= 4 is 17.3 Å². The van der Waals surface area contributed by atoms with Gasteiger partial charge in [0.1, 0.15) is 5.54 Å². The van der Waals surface area contributed by atoms with E-state index in [4.69, 9.17) is 0 Å². The maximum atomic E-state index is 11.9. The molecular formula is C19H28N2O2. The fraction of sp³-hybridized carbons (Fsp3) is 0.632. The molecule has 23 heavy (non-hydrogen) atoms. The van der Waals surface area contributed by atoms with Gasteiger partial charge < -0.3 is 15.3 Å². The lowest BCUT2D eigenvalue weighted by molar-refractivity contribution is -0.142. The summed E-state index contributed by atoms with van der Waals surface area (Å²) >= 11 is 0. The Kier molecular flexibility index (Phi) is 3.81. The topological polar surface area (TPSA) is 52.6 Å². The molecule has 4 heteroatoms. The van der Waals surface area contributed by atoms with E-state index in [1.54, 1.807) is 0 Å². The van der Waals surface area contributed by atoms with Crippen LogP contribution in [0.5, 0.6) is 0 Å². The summed E-state index contributed by atoms with van der Waals surface area (Å²) in [7, 11) is 0. The van der Waals surface area contributed by atoms with Gasteiger partial charge in [-0.2, -0.15) is 0 Å². The van der Waals surface area contributed by atoms with Gasteiger partial charge in [-0.05, 0) is 63.8 Å². The second-order valence-corrected chi connectivity index (χ2v) is 7.87. The van der Waals surface area contributed by atoms with E-state index in [1.807, 2.05) is 13.8 Å². The molecule has 0 aromatic heterocycles. The van der Waals surface area contributed by atoms with E-state index in [0.29, 0.717) is 0 Å². The highest BCUT2D eigenvalue weighted by Gasteiger charge is 2.45. The third-order valence-corrected chi connectivity index (χ3v) is 5.77. The van der Waals surface area contributed by atoms with Crippen molar-refractivity contribution in [2.24, 2.45) is 0 Å². The Morgan fingerprint density at radius 2 is 1.78 bits per heavy atom. The number of carbonyl (C=O) groups is 1. The van der Waals surface area contributed by atoms with Crippen LogP contribution in [-0.4, -0.2) is 28.7 Å². The molecule has 2 N–H and O–H groups in total. The number of fused-ring (bicyclic) bond motifs is 1. The number of rotatable bonds is 2. The van der Waals surface area contributed by atoms with Crippen LogP contribution in [0, 0.1) is 13.8 Å². The van der Waals surface area contributed by atoms with Gasteiger partial charge in [0.15, 0.2) is 0 Å². The number of hydrogen-bond acceptors (Lipinski definition) is 3. The zero-order valence-corrected chi connectivity index (χ0v) is 14.7. The zero-order chi connectivity index (χ0) is 16.8. The molecule has 0 amide bonds. The maximum absolute atomic E-state index is 11.9. The van der Waals surface area contributed by atoms with Crippen LogP contribution in [-0.2, 0) is 4.79 Å². The summed E-state index contributed by atoms with van der Waals surface area (Å²) in [5.41, 5.74) is 3.67. The minimum absolute atomic E-state index is 0.0136. The molecule has 126 valence electrons. The molecular weight excluding hydrogens is 288 g/mol. The Morgan fingerprint density at radius 3 is 2.39 bits per heavy atom. The molecule has 1 aliphatic heterocycles. The molecule has 1 aromatic rings. The number of hydrogen-bond donors (Lipinski definition) is 2. The van der Waals surface area contributed by atoms with Crippen molar-refractivity contribution < 1.29 is 9.90 Å². The Hall–Kier alpha value is -1.71. The molecule has 1 spiro atoms. The molecule has 2 aliphatic rings. The smallest absolute Gasteiger partial charge is 0.328 e. The van der Waals surface area contributed by atoms with Crippen molar-refractivity contribution in [2.45, 2.75) is 70.9 Å². The van der Waals surface area contributed by atoms with Gasteiger partial charge in [-0.15, -0.1) is 0 Å². The van der Waals surface area contributed by atoms with Crippen LogP contribution in [0.1, 0.15) is 57.1 Å². The molecule has 1 aliphatic carbocycles. The van der Waals surface area contributed by atoms with E-state index < -0.39 is 11.5 Å². The fourth-order valence-electron chi connectivity index (χ4n) is 3.96. The standard InChI is InChI=1S/C19H28N2O2/c1-13-10-15-16(11-14(13)2)21(18(3,4)17(22)23)12-19(20-15)8-6-5-7-9-19/h10-11,20H,5-9,12H2,1-4H3,(H,22,23). The number of nitrogens with one attached hydrogen (secondary N) is 1. The predicted octanol–water partition coefficient (Wildman–Crippen LogP) is 4.10. The summed E-state index contributed by atoms with van der Waals surface area (Å²) in [4.78, 5) is 14.0. The number of carboxylic acids is 1. The summed E-state index contributed by atoms with van der Waals surface area (Å²) in [5.74, 6) is -0.769. The van der Waals surface area contributed by atoms with Crippen molar-refractivity contribution in [3.05, 3.63) is 23.3 Å². The quantitative estimate of drug-likeness (QED) is 0.862. The highest BCUT2D eigenvalue weighted by atomic mass is 16.4. The highest BCUT2D eigenvalue weighted by molar-refractivity contribution is 5.87. The van der Waals surface area contributed by atoms with Gasteiger partial charge in [0.25, 0.3) is 0 Å². The number of nitrogens with zero attached hydrogens (tertiary/aromatic N) is 1. The Morgan fingerprint density at radius 1 is 1.17 bits per heavy atom. The molecule has 0 unspecified atom stereocenters. The van der Waals surface area contributed by atoms with E-state index in [-0.39, 0.29) is 5.54 Å². The molecule has 1 saturated carbocycles. The fourth-order valence-corrected chi connectivity index (χ4v) is 3.96. The van der Waals surface area contributed by atoms with Gasteiger partial charge >= 0.3 is 5.97 Å². The van der Waals surface area contributed by atoms with Gasteiger partial charge in [-0.3, -0.25) is 0 Å². The normalized spacial score (nSPS) is 20.1. The van der Waals surface area contributed by atoms with Crippen LogP contribution < -0.4 is 10.2 Å². The third kappa shape index (κ3) is 2.68. The first-order valence-corrected chi connectivity index (χ1v) is 8.66. The van der Waals surface area contributed by atoms with Crippen molar-refractivity contribution in [3.63, 3.8) is 0 Å². The predicted molar refractivity (Wildman–Crippen MR) is 94.4 cm³/mol. The molecule has 3 rings (SSSR count). The first-order chi connectivity index (χ1) is 10.8. The van der Waals surface area contributed by atoms with Crippen LogP contribution >= 0.6 is 0 Å². The first-order valence-electron chi connectivity index (χ1n) is 8.66. The van der Waals surface area contributed by atoms with E-state index in [0.717, 1.165) is 30.8 Å². The van der Waals surface area contributed by atoms with Gasteiger partial charge in [0, 0.05) is 6.54 Å². The van der Waals surface area contributed by atoms with Crippen LogP contribution in [0.4, 0.5) is 11.4 Å². The summed E-state index contributed by atoms with van der Waals surface area (Å²) in [5, 5.41) is 13.6. The summed E-state index contributed by atoms with van der Waals surface area (Å²) < 4.78 is 0. The lowest BCUT2D eigenvalue weighted by Gasteiger charge is -2.52. The number of aryl methyl sites for hydroxylation is 2. The van der Waals surface area contributed by atoms with Crippen molar-refractivity contribution in [3.8, 4) is 0 Å². The van der Waals surface area contributed by atoms with Crippen molar-refractivity contribution in [1.29, 1.82) is 0 Å². The van der Waals surface area contributed by atoms with Gasteiger partial charge in [-0.25, -0.2) is 4.79 Å². The number of benzene rings is 1. The van der Waals surface area contributed by atoms with E-state index in [2.05, 4.69) is 36.2 Å². The monoisotopic (exact) mass is 316 g/mol. The zero-order valence-electron chi connectivity index (χ0n) is 14.7. The molecule has 0 bridgehead atoms. The largest absolute Gasteiger partial charge is 0.480 e. The molecule has 4 nitrogen and oxygen atoms in total. The van der Waals surface area contributed by atoms with Crippen LogP contribution in [0.2, 0.25) is 0 Å². The average molecular weight is 316 g/mol. The van der Waals surface area contributed by atoms with Crippen molar-refractivity contribution in [1.82, 2.24) is 0 Å². The second kappa shape index (κ2) is 5.43. The Bertz CT molecular complexity index is 631. The van der Waals surface area contributed by atoms with Crippen LogP contribution in [0.25, 0.3) is 0 Å². The lowest BCUT2D eigenvalue weighted by Crippen LogP contribution is -2.61. The molecule has 1 fully saturated rings. The van der Waals surface area contributed by atoms with E-state index >= 15 is 0 Å². The second-order valence-electron chi connectivity index (χ2n) is 7.87. The number of carboxylic acid groups (broad SMARTS) is 1. The summed E-state index contributed by atoms with van der Waals surface area (Å²) in [6.45, 7) is 8.60. The molecule has 1 aromatic carbocycles. The van der Waals surface area contributed by atoms with Gasteiger partial charge in [0.2, 0.25) is 0 Å². The number of anilines is 2.